The number of amides is 2. The van der Waals surface area contributed by atoms with Gasteiger partial charge in [-0.3, -0.25) is 9.69 Å². The SMILES string of the molecule is CN(C(=O)OC(C)(C)C)c1ccc(CC2CCN(C3CCc4ccccc43)C2=O)c(Cl)c1. The average molecular weight is 455 g/mol. The van der Waals surface area contributed by atoms with Gasteiger partial charge >= 0.3 is 6.09 Å². The average Bonchev–Trinajstić information content (AvgIpc) is 3.31. The Kier molecular flexibility index (Phi) is 6.22. The predicted octanol–water partition coefficient (Wildman–Crippen LogP) is 5.79. The van der Waals surface area contributed by atoms with Crippen LogP contribution in [-0.2, 0) is 22.4 Å². The molecular weight excluding hydrogens is 424 g/mol. The van der Waals surface area contributed by atoms with Crippen LogP contribution in [-0.4, -0.2) is 36.1 Å². The molecule has 2 aromatic carbocycles. The summed E-state index contributed by atoms with van der Waals surface area (Å²) in [6, 6.07) is 14.2. The Morgan fingerprint density at radius 3 is 2.66 bits per heavy atom. The molecule has 0 N–H and O–H groups in total. The first-order chi connectivity index (χ1) is 15.1. The van der Waals surface area contributed by atoms with Gasteiger partial charge in [0.05, 0.1) is 6.04 Å². The van der Waals surface area contributed by atoms with Crippen molar-refractivity contribution in [2.45, 2.75) is 58.1 Å². The van der Waals surface area contributed by atoms with E-state index in [-0.39, 0.29) is 17.9 Å². The van der Waals surface area contributed by atoms with Crippen LogP contribution >= 0.6 is 11.6 Å². The number of ether oxygens (including phenoxy) is 1. The lowest BCUT2D eigenvalue weighted by atomic mass is 9.97. The summed E-state index contributed by atoms with van der Waals surface area (Å²) < 4.78 is 5.42. The largest absolute Gasteiger partial charge is 0.443 e. The van der Waals surface area contributed by atoms with Crippen molar-refractivity contribution in [1.29, 1.82) is 0 Å². The maximum atomic E-state index is 13.2. The molecule has 2 atom stereocenters. The molecule has 1 saturated heterocycles. The van der Waals surface area contributed by atoms with E-state index in [0.717, 1.165) is 31.4 Å². The van der Waals surface area contributed by atoms with Crippen molar-refractivity contribution in [3.8, 4) is 0 Å². The monoisotopic (exact) mass is 454 g/mol. The second-order valence-corrected chi connectivity index (χ2v) is 10.2. The normalized spacial score (nSPS) is 20.4. The highest BCUT2D eigenvalue weighted by molar-refractivity contribution is 6.31. The van der Waals surface area contributed by atoms with Crippen molar-refractivity contribution in [2.75, 3.05) is 18.5 Å². The minimum atomic E-state index is -0.566. The summed E-state index contributed by atoms with van der Waals surface area (Å²) in [6.45, 7) is 6.29. The van der Waals surface area contributed by atoms with E-state index in [1.165, 1.54) is 16.0 Å². The van der Waals surface area contributed by atoms with E-state index >= 15 is 0 Å². The number of rotatable bonds is 4. The van der Waals surface area contributed by atoms with Crippen molar-refractivity contribution >= 4 is 29.3 Å². The number of hydrogen-bond acceptors (Lipinski definition) is 3. The Labute approximate surface area is 195 Å². The van der Waals surface area contributed by atoms with E-state index < -0.39 is 11.7 Å². The van der Waals surface area contributed by atoms with Gasteiger partial charge in [-0.25, -0.2) is 4.79 Å². The zero-order chi connectivity index (χ0) is 23.0. The minimum absolute atomic E-state index is 0.0605. The van der Waals surface area contributed by atoms with Crippen molar-refractivity contribution in [1.82, 2.24) is 4.90 Å². The van der Waals surface area contributed by atoms with Crippen molar-refractivity contribution in [3.63, 3.8) is 0 Å². The number of hydrogen-bond donors (Lipinski definition) is 0. The van der Waals surface area contributed by atoms with Crippen LogP contribution in [0.2, 0.25) is 5.02 Å². The lowest BCUT2D eigenvalue weighted by molar-refractivity contribution is -0.133. The number of anilines is 1. The Balaban J connectivity index is 1.43. The highest BCUT2D eigenvalue weighted by atomic mass is 35.5. The van der Waals surface area contributed by atoms with Gasteiger partial charge in [0.2, 0.25) is 5.91 Å². The number of benzene rings is 2. The number of carbonyl (C=O) groups excluding carboxylic acids is 2. The van der Waals surface area contributed by atoms with Crippen molar-refractivity contribution in [3.05, 3.63) is 64.2 Å². The van der Waals surface area contributed by atoms with Gasteiger partial charge in [0.1, 0.15) is 5.60 Å². The number of carbonyl (C=O) groups is 2. The van der Waals surface area contributed by atoms with E-state index in [0.29, 0.717) is 17.1 Å². The summed E-state index contributed by atoms with van der Waals surface area (Å²) in [7, 11) is 1.66. The van der Waals surface area contributed by atoms with Gasteiger partial charge in [-0.15, -0.1) is 0 Å². The van der Waals surface area contributed by atoms with Gasteiger partial charge in [0, 0.05) is 30.2 Å². The zero-order valence-electron chi connectivity index (χ0n) is 19.2. The first-order valence-corrected chi connectivity index (χ1v) is 11.7. The highest BCUT2D eigenvalue weighted by Gasteiger charge is 2.38. The Morgan fingerprint density at radius 1 is 1.19 bits per heavy atom. The molecule has 2 unspecified atom stereocenters. The molecule has 5 nitrogen and oxygen atoms in total. The Bertz CT molecular complexity index is 1030. The number of nitrogens with zero attached hydrogens (tertiary/aromatic N) is 2. The fourth-order valence-electron chi connectivity index (χ4n) is 4.73. The number of likely N-dealkylation sites (tertiary alicyclic amines) is 1. The van der Waals surface area contributed by atoms with Crippen LogP contribution in [0.15, 0.2) is 42.5 Å². The summed E-state index contributed by atoms with van der Waals surface area (Å²) in [5.41, 5.74) is 3.69. The molecule has 1 aliphatic heterocycles. The lowest BCUT2D eigenvalue weighted by Crippen LogP contribution is -2.34. The first-order valence-electron chi connectivity index (χ1n) is 11.3. The summed E-state index contributed by atoms with van der Waals surface area (Å²) >= 11 is 6.56. The molecule has 0 saturated carbocycles. The molecule has 0 radical (unpaired) electrons. The van der Waals surface area contributed by atoms with Crippen LogP contribution in [0, 0.1) is 5.92 Å². The second kappa shape index (κ2) is 8.78. The first kappa shape index (κ1) is 22.7. The Morgan fingerprint density at radius 2 is 1.94 bits per heavy atom. The van der Waals surface area contributed by atoms with Crippen LogP contribution in [0.3, 0.4) is 0 Å². The molecule has 0 aromatic heterocycles. The molecule has 1 fully saturated rings. The quantitative estimate of drug-likeness (QED) is 0.587. The van der Waals surface area contributed by atoms with Gasteiger partial charge in [-0.1, -0.05) is 41.9 Å². The molecule has 0 spiro atoms. The standard InChI is InChI=1S/C26H31ClN2O3/c1-26(2,3)32-25(31)28(4)20-11-9-18(22(27)16-20)15-19-13-14-29(24(19)30)23-12-10-17-7-5-6-8-21(17)23/h5-9,11,16,19,23H,10,12-15H2,1-4H3. The van der Waals surface area contributed by atoms with Crippen LogP contribution < -0.4 is 4.90 Å². The molecule has 2 aromatic rings. The smallest absolute Gasteiger partial charge is 0.414 e. The molecule has 2 amide bonds. The van der Waals surface area contributed by atoms with Gasteiger partial charge in [-0.2, -0.15) is 0 Å². The van der Waals surface area contributed by atoms with Crippen molar-refractivity contribution < 1.29 is 14.3 Å². The fraction of sp³-hybridized carbons (Fsp3) is 0.462. The number of fused-ring (bicyclic) bond motifs is 1. The molecule has 6 heteroatoms. The third-order valence-electron chi connectivity index (χ3n) is 6.39. The third-order valence-corrected chi connectivity index (χ3v) is 6.74. The van der Waals surface area contributed by atoms with E-state index in [9.17, 15) is 9.59 Å². The van der Waals surface area contributed by atoms with E-state index in [1.54, 1.807) is 13.1 Å². The summed E-state index contributed by atoms with van der Waals surface area (Å²) in [6.07, 6.45) is 3.06. The van der Waals surface area contributed by atoms with Gasteiger partial charge in [0.15, 0.2) is 0 Å². The summed E-state index contributed by atoms with van der Waals surface area (Å²) in [4.78, 5) is 29.1. The third kappa shape index (κ3) is 4.63. The molecule has 4 rings (SSSR count). The predicted molar refractivity (Wildman–Crippen MR) is 127 cm³/mol. The van der Waals surface area contributed by atoms with Gasteiger partial charge in [0.25, 0.3) is 0 Å². The van der Waals surface area contributed by atoms with Crippen LogP contribution in [0.1, 0.15) is 56.3 Å². The lowest BCUT2D eigenvalue weighted by Gasteiger charge is -2.26. The second-order valence-electron chi connectivity index (χ2n) is 9.79. The molecular formula is C26H31ClN2O3. The molecule has 1 aliphatic carbocycles. The van der Waals surface area contributed by atoms with Gasteiger partial charge < -0.3 is 9.64 Å². The van der Waals surface area contributed by atoms with E-state index in [2.05, 4.69) is 29.2 Å². The molecule has 1 heterocycles. The molecule has 0 bridgehead atoms. The summed E-state index contributed by atoms with van der Waals surface area (Å²) in [5.74, 6) is 0.160. The van der Waals surface area contributed by atoms with Crippen LogP contribution in [0.4, 0.5) is 10.5 Å². The van der Waals surface area contributed by atoms with E-state index in [4.69, 9.17) is 16.3 Å². The number of halogens is 1. The maximum absolute atomic E-state index is 13.2. The molecule has 2 aliphatic rings. The highest BCUT2D eigenvalue weighted by Crippen LogP contribution is 2.40. The van der Waals surface area contributed by atoms with E-state index in [1.807, 2.05) is 32.9 Å². The number of aryl methyl sites for hydroxylation is 1. The van der Waals surface area contributed by atoms with Crippen LogP contribution in [0.25, 0.3) is 0 Å². The Hall–Kier alpha value is -2.53. The summed E-state index contributed by atoms with van der Waals surface area (Å²) in [5, 5.41) is 0.565. The molecule has 32 heavy (non-hydrogen) atoms. The molecule has 170 valence electrons. The zero-order valence-corrected chi connectivity index (χ0v) is 20.0. The topological polar surface area (TPSA) is 49.9 Å². The van der Waals surface area contributed by atoms with Crippen molar-refractivity contribution in [2.24, 2.45) is 5.92 Å². The maximum Gasteiger partial charge on any atom is 0.414 e. The fourth-order valence-corrected chi connectivity index (χ4v) is 4.98. The minimum Gasteiger partial charge on any atom is -0.443 e. The van der Waals surface area contributed by atoms with Crippen LogP contribution in [0.5, 0.6) is 0 Å². The van der Waals surface area contributed by atoms with Gasteiger partial charge in [-0.05, 0) is 75.3 Å².